The average molecular weight is 228 g/mol. The van der Waals surface area contributed by atoms with Crippen molar-refractivity contribution in [3.63, 3.8) is 0 Å². The lowest BCUT2D eigenvalue weighted by Gasteiger charge is -2.17. The number of nitrogens with two attached hydrogens (primary N) is 1. The molecular weight excluding hydrogens is 210 g/mol. The predicted molar refractivity (Wildman–Crippen MR) is 64.1 cm³/mol. The smallest absolute Gasteiger partial charge is 0.0618 e. The molecule has 0 aromatic heterocycles. The normalized spacial score (nSPS) is 15.0. The van der Waals surface area contributed by atoms with Gasteiger partial charge in [-0.25, -0.2) is 0 Å². The van der Waals surface area contributed by atoms with E-state index in [4.69, 9.17) is 17.3 Å². The second-order valence-electron chi connectivity index (χ2n) is 4.07. The SMILES string of the molecule is Cc1cc(CC(O)C(C)CN)ccc1Cl. The van der Waals surface area contributed by atoms with Crippen molar-refractivity contribution in [1.82, 2.24) is 0 Å². The molecule has 3 N–H and O–H groups in total. The molecule has 1 aromatic carbocycles. The van der Waals surface area contributed by atoms with E-state index in [1.807, 2.05) is 32.0 Å². The maximum atomic E-state index is 9.82. The van der Waals surface area contributed by atoms with Crippen molar-refractivity contribution >= 4 is 11.6 Å². The zero-order valence-corrected chi connectivity index (χ0v) is 9.96. The van der Waals surface area contributed by atoms with Crippen molar-refractivity contribution in [2.45, 2.75) is 26.4 Å². The summed E-state index contributed by atoms with van der Waals surface area (Å²) < 4.78 is 0. The van der Waals surface area contributed by atoms with Gasteiger partial charge in [-0.3, -0.25) is 0 Å². The van der Waals surface area contributed by atoms with Crippen LogP contribution < -0.4 is 5.73 Å². The Morgan fingerprint density at radius 2 is 2.13 bits per heavy atom. The number of hydrogen-bond donors (Lipinski definition) is 2. The number of rotatable bonds is 4. The summed E-state index contributed by atoms with van der Waals surface area (Å²) in [4.78, 5) is 0. The molecule has 15 heavy (non-hydrogen) atoms. The number of aliphatic hydroxyl groups excluding tert-OH is 1. The van der Waals surface area contributed by atoms with Crippen molar-refractivity contribution in [3.05, 3.63) is 34.3 Å². The van der Waals surface area contributed by atoms with E-state index in [0.717, 1.165) is 16.1 Å². The molecule has 2 atom stereocenters. The highest BCUT2D eigenvalue weighted by molar-refractivity contribution is 6.31. The number of aryl methyl sites for hydroxylation is 1. The van der Waals surface area contributed by atoms with Crippen LogP contribution in [-0.2, 0) is 6.42 Å². The standard InChI is InChI=1S/C12H18ClNO/c1-8-5-10(3-4-11(8)13)6-12(15)9(2)7-14/h3-5,9,12,15H,6-7,14H2,1-2H3. The number of hydrogen-bond acceptors (Lipinski definition) is 2. The van der Waals surface area contributed by atoms with Gasteiger partial charge in [0, 0.05) is 5.02 Å². The fraction of sp³-hybridized carbons (Fsp3) is 0.500. The summed E-state index contributed by atoms with van der Waals surface area (Å²) in [6.07, 6.45) is 0.256. The van der Waals surface area contributed by atoms with E-state index in [0.29, 0.717) is 13.0 Å². The minimum Gasteiger partial charge on any atom is -0.392 e. The second kappa shape index (κ2) is 5.50. The molecule has 0 radical (unpaired) electrons. The van der Waals surface area contributed by atoms with Crippen LogP contribution in [0.15, 0.2) is 18.2 Å². The lowest BCUT2D eigenvalue weighted by atomic mass is 9.97. The third kappa shape index (κ3) is 3.49. The first kappa shape index (κ1) is 12.5. The Kier molecular flexibility index (Phi) is 4.58. The summed E-state index contributed by atoms with van der Waals surface area (Å²) in [6.45, 7) is 4.42. The Balaban J connectivity index is 2.68. The first-order valence-electron chi connectivity index (χ1n) is 5.17. The molecule has 1 rings (SSSR count). The third-order valence-corrected chi connectivity index (χ3v) is 3.12. The van der Waals surface area contributed by atoms with E-state index in [2.05, 4.69) is 0 Å². The molecule has 0 aliphatic carbocycles. The Bertz CT molecular complexity index is 327. The fourth-order valence-electron chi connectivity index (χ4n) is 1.43. The van der Waals surface area contributed by atoms with Crippen LogP contribution in [-0.4, -0.2) is 17.8 Å². The molecule has 2 unspecified atom stereocenters. The average Bonchev–Trinajstić information content (AvgIpc) is 2.22. The summed E-state index contributed by atoms with van der Waals surface area (Å²) in [5.41, 5.74) is 7.64. The molecule has 1 aromatic rings. The van der Waals surface area contributed by atoms with E-state index >= 15 is 0 Å². The van der Waals surface area contributed by atoms with E-state index in [-0.39, 0.29) is 12.0 Å². The molecule has 0 saturated heterocycles. The summed E-state index contributed by atoms with van der Waals surface area (Å²) in [5.74, 6) is 0.126. The molecule has 0 heterocycles. The Labute approximate surface area is 96.1 Å². The van der Waals surface area contributed by atoms with Crippen LogP contribution in [0.25, 0.3) is 0 Å². The molecule has 0 saturated carbocycles. The van der Waals surface area contributed by atoms with Gasteiger partial charge < -0.3 is 10.8 Å². The summed E-state index contributed by atoms with van der Waals surface area (Å²) in [5, 5.41) is 10.6. The Hall–Kier alpha value is -0.570. The molecule has 3 heteroatoms. The first-order valence-corrected chi connectivity index (χ1v) is 5.55. The van der Waals surface area contributed by atoms with Crippen LogP contribution in [0, 0.1) is 12.8 Å². The minimum atomic E-state index is -0.379. The van der Waals surface area contributed by atoms with Gasteiger partial charge in [-0.05, 0) is 43.0 Å². The monoisotopic (exact) mass is 227 g/mol. The van der Waals surface area contributed by atoms with Crippen molar-refractivity contribution in [3.8, 4) is 0 Å². The molecule has 0 spiro atoms. The quantitative estimate of drug-likeness (QED) is 0.828. The topological polar surface area (TPSA) is 46.2 Å². The third-order valence-electron chi connectivity index (χ3n) is 2.70. The molecule has 0 aliphatic rings. The van der Waals surface area contributed by atoms with E-state index in [1.165, 1.54) is 0 Å². The van der Waals surface area contributed by atoms with Crippen molar-refractivity contribution < 1.29 is 5.11 Å². The van der Waals surface area contributed by atoms with Crippen LogP contribution in [0.4, 0.5) is 0 Å². The van der Waals surface area contributed by atoms with Crippen molar-refractivity contribution in [2.24, 2.45) is 11.7 Å². The van der Waals surface area contributed by atoms with Crippen molar-refractivity contribution in [2.75, 3.05) is 6.54 Å². The zero-order chi connectivity index (χ0) is 11.4. The van der Waals surface area contributed by atoms with Gasteiger partial charge in [0.05, 0.1) is 6.10 Å². The highest BCUT2D eigenvalue weighted by Gasteiger charge is 2.13. The lowest BCUT2D eigenvalue weighted by Crippen LogP contribution is -2.27. The van der Waals surface area contributed by atoms with E-state index in [9.17, 15) is 5.11 Å². The van der Waals surface area contributed by atoms with Crippen LogP contribution >= 0.6 is 11.6 Å². The predicted octanol–water partition coefficient (Wildman–Crippen LogP) is 2.15. The molecule has 0 aliphatic heterocycles. The summed E-state index contributed by atoms with van der Waals surface area (Å²) in [6, 6.07) is 5.82. The second-order valence-corrected chi connectivity index (χ2v) is 4.48. The molecule has 0 bridgehead atoms. The molecule has 84 valence electrons. The number of benzene rings is 1. The molecule has 0 amide bonds. The minimum absolute atomic E-state index is 0.126. The molecule has 2 nitrogen and oxygen atoms in total. The van der Waals surface area contributed by atoms with Gasteiger partial charge in [-0.15, -0.1) is 0 Å². The van der Waals surface area contributed by atoms with Crippen LogP contribution in [0.2, 0.25) is 5.02 Å². The van der Waals surface area contributed by atoms with Crippen LogP contribution in [0.1, 0.15) is 18.1 Å². The van der Waals surface area contributed by atoms with Crippen LogP contribution in [0.5, 0.6) is 0 Å². The van der Waals surface area contributed by atoms with Gasteiger partial charge in [0.25, 0.3) is 0 Å². The van der Waals surface area contributed by atoms with Gasteiger partial charge >= 0.3 is 0 Å². The zero-order valence-electron chi connectivity index (χ0n) is 9.20. The molecular formula is C12H18ClNO. The Morgan fingerprint density at radius 1 is 1.47 bits per heavy atom. The lowest BCUT2D eigenvalue weighted by molar-refractivity contribution is 0.121. The highest BCUT2D eigenvalue weighted by atomic mass is 35.5. The van der Waals surface area contributed by atoms with Crippen molar-refractivity contribution in [1.29, 1.82) is 0 Å². The highest BCUT2D eigenvalue weighted by Crippen LogP contribution is 2.18. The Morgan fingerprint density at radius 3 is 2.67 bits per heavy atom. The number of aliphatic hydroxyl groups is 1. The number of halogens is 1. The fourth-order valence-corrected chi connectivity index (χ4v) is 1.55. The summed E-state index contributed by atoms with van der Waals surface area (Å²) >= 11 is 5.92. The van der Waals surface area contributed by atoms with Gasteiger partial charge in [0.1, 0.15) is 0 Å². The van der Waals surface area contributed by atoms with E-state index in [1.54, 1.807) is 0 Å². The maximum absolute atomic E-state index is 9.82. The van der Waals surface area contributed by atoms with Gasteiger partial charge in [-0.1, -0.05) is 30.7 Å². The van der Waals surface area contributed by atoms with Crippen LogP contribution in [0.3, 0.4) is 0 Å². The summed E-state index contributed by atoms with van der Waals surface area (Å²) in [7, 11) is 0. The maximum Gasteiger partial charge on any atom is 0.0618 e. The molecule has 0 fully saturated rings. The van der Waals surface area contributed by atoms with Gasteiger partial charge in [0.2, 0.25) is 0 Å². The van der Waals surface area contributed by atoms with Gasteiger partial charge in [0.15, 0.2) is 0 Å². The van der Waals surface area contributed by atoms with E-state index < -0.39 is 0 Å². The first-order chi connectivity index (χ1) is 7.04. The largest absolute Gasteiger partial charge is 0.392 e. The van der Waals surface area contributed by atoms with Gasteiger partial charge in [-0.2, -0.15) is 0 Å².